The Morgan fingerprint density at radius 2 is 2.19 bits per heavy atom. The van der Waals surface area contributed by atoms with E-state index in [0.717, 1.165) is 0 Å². The van der Waals surface area contributed by atoms with Gasteiger partial charge in [0.25, 0.3) is 0 Å². The fourth-order valence-electron chi connectivity index (χ4n) is 2.02. The molecule has 0 aliphatic carbocycles. The predicted octanol–water partition coefficient (Wildman–Crippen LogP) is 1.57. The maximum absolute atomic E-state index is 13.2. The summed E-state index contributed by atoms with van der Waals surface area (Å²) in [5.41, 5.74) is 6.71. The molecule has 2 aromatic heterocycles. The van der Waals surface area contributed by atoms with Crippen molar-refractivity contribution in [1.82, 2.24) is 19.6 Å². The molecule has 27 heavy (non-hydrogen) atoms. The van der Waals surface area contributed by atoms with Crippen molar-refractivity contribution in [2.75, 3.05) is 25.5 Å². The van der Waals surface area contributed by atoms with Crippen LogP contribution >= 0.6 is 8.03 Å². The number of nitrogen functional groups attached to an aromatic ring is 1. The molecular formula is C14H21FN5O6P. The van der Waals surface area contributed by atoms with Crippen LogP contribution in [0.4, 0.5) is 15.1 Å². The van der Waals surface area contributed by atoms with Crippen molar-refractivity contribution < 1.29 is 32.5 Å². The molecular weight excluding hydrogens is 384 g/mol. The first kappa shape index (κ1) is 21.0. The van der Waals surface area contributed by atoms with Crippen molar-refractivity contribution in [3.63, 3.8) is 0 Å². The molecule has 2 N–H and O–H groups in total. The zero-order valence-electron chi connectivity index (χ0n) is 14.8. The van der Waals surface area contributed by atoms with Crippen LogP contribution in [0.2, 0.25) is 0 Å². The van der Waals surface area contributed by atoms with Gasteiger partial charge in [0.2, 0.25) is 20.8 Å². The van der Waals surface area contributed by atoms with Crippen LogP contribution in [-0.2, 0) is 29.7 Å². The highest BCUT2D eigenvalue weighted by Gasteiger charge is 2.17. The highest BCUT2D eigenvalue weighted by Crippen LogP contribution is 2.24. The number of hydrogen-bond acceptors (Lipinski definition) is 10. The molecule has 0 aromatic carbocycles. The fraction of sp³-hybridized carbons (Fsp3) is 0.571. The SMILES string of the molecule is CC(C)OC(=O)OCO[PH](=O)CO[C@@H](CF)Cc1cnn2c(N)ncnc12. The maximum Gasteiger partial charge on any atom is 0.510 e. The molecule has 11 nitrogen and oxygen atoms in total. The maximum atomic E-state index is 13.2. The van der Waals surface area contributed by atoms with Gasteiger partial charge in [-0.2, -0.15) is 9.61 Å². The van der Waals surface area contributed by atoms with Crippen molar-refractivity contribution >= 4 is 25.8 Å². The van der Waals surface area contributed by atoms with Gasteiger partial charge < -0.3 is 19.9 Å². The number of rotatable bonds is 10. The summed E-state index contributed by atoms with van der Waals surface area (Å²) in [6, 6.07) is 0. The summed E-state index contributed by atoms with van der Waals surface area (Å²) in [5, 5.41) is 4.03. The summed E-state index contributed by atoms with van der Waals surface area (Å²) >= 11 is 0. The van der Waals surface area contributed by atoms with Gasteiger partial charge in [0, 0.05) is 12.0 Å². The summed E-state index contributed by atoms with van der Waals surface area (Å²) in [7, 11) is -2.68. The predicted molar refractivity (Wildman–Crippen MR) is 92.3 cm³/mol. The van der Waals surface area contributed by atoms with Crippen LogP contribution in [0, 0.1) is 0 Å². The van der Waals surface area contributed by atoms with E-state index >= 15 is 0 Å². The average Bonchev–Trinajstić information content (AvgIpc) is 3.02. The van der Waals surface area contributed by atoms with E-state index in [2.05, 4.69) is 19.8 Å². The van der Waals surface area contributed by atoms with E-state index in [1.807, 2.05) is 0 Å². The van der Waals surface area contributed by atoms with Crippen molar-refractivity contribution in [2.24, 2.45) is 0 Å². The van der Waals surface area contributed by atoms with Crippen LogP contribution in [0.3, 0.4) is 0 Å². The minimum atomic E-state index is -2.68. The minimum absolute atomic E-state index is 0.142. The lowest BCUT2D eigenvalue weighted by Crippen LogP contribution is -2.19. The Morgan fingerprint density at radius 3 is 2.89 bits per heavy atom. The van der Waals surface area contributed by atoms with Gasteiger partial charge in [-0.05, 0) is 13.8 Å². The Bertz CT molecular complexity index is 788. The topological polar surface area (TPSA) is 140 Å². The summed E-state index contributed by atoms with van der Waals surface area (Å²) < 4.78 is 45.7. The highest BCUT2D eigenvalue weighted by molar-refractivity contribution is 7.38. The number of carbonyl (C=O) groups is 1. The third-order valence-electron chi connectivity index (χ3n) is 3.19. The molecule has 1 unspecified atom stereocenters. The standard InChI is InChI=1S/C14H21FN5O6P/c1-9(2)26-14(21)23-7-25-27(22)8-24-11(4-15)3-10-5-19-20-12(10)17-6-18-13(20)16/h5-6,9,11,27H,3-4,7-8H2,1-2H3,(H2,16,17,18)/t11-/m1/s1. The first-order valence-corrected chi connectivity index (χ1v) is 9.52. The lowest BCUT2D eigenvalue weighted by atomic mass is 10.1. The van der Waals surface area contributed by atoms with Gasteiger partial charge in [-0.3, -0.25) is 9.09 Å². The van der Waals surface area contributed by atoms with E-state index in [9.17, 15) is 13.8 Å². The molecule has 0 spiro atoms. The first-order valence-electron chi connectivity index (χ1n) is 8.00. The normalized spacial score (nSPS) is 13.6. The molecule has 2 atom stereocenters. The fourth-order valence-corrected chi connectivity index (χ4v) is 2.67. The number of aromatic nitrogens is 4. The van der Waals surface area contributed by atoms with Crippen LogP contribution in [0.5, 0.6) is 0 Å². The highest BCUT2D eigenvalue weighted by atomic mass is 31.1. The smallest absolute Gasteiger partial charge is 0.432 e. The van der Waals surface area contributed by atoms with Crippen LogP contribution in [0.1, 0.15) is 19.4 Å². The van der Waals surface area contributed by atoms with Gasteiger partial charge >= 0.3 is 6.16 Å². The van der Waals surface area contributed by atoms with Crippen LogP contribution in [0.15, 0.2) is 12.5 Å². The Hall–Kier alpha value is -2.30. The Morgan fingerprint density at radius 1 is 1.41 bits per heavy atom. The molecule has 0 fully saturated rings. The Balaban J connectivity index is 1.78. The monoisotopic (exact) mass is 405 g/mol. The van der Waals surface area contributed by atoms with Crippen molar-refractivity contribution in [3.8, 4) is 0 Å². The molecule has 0 aliphatic rings. The van der Waals surface area contributed by atoms with E-state index in [4.69, 9.17) is 19.7 Å². The molecule has 0 radical (unpaired) electrons. The first-order chi connectivity index (χ1) is 12.9. The summed E-state index contributed by atoms with van der Waals surface area (Å²) in [6.45, 7) is 1.95. The second kappa shape index (κ2) is 10.1. The van der Waals surface area contributed by atoms with Crippen molar-refractivity contribution in [3.05, 3.63) is 18.1 Å². The number of carbonyl (C=O) groups excluding carboxylic acids is 1. The Kier molecular flexibility index (Phi) is 7.89. The largest absolute Gasteiger partial charge is 0.510 e. The number of nitrogens with zero attached hydrogens (tertiary/aromatic N) is 4. The number of nitrogens with two attached hydrogens (primary N) is 1. The molecule has 0 aliphatic heterocycles. The average molecular weight is 405 g/mol. The van der Waals surface area contributed by atoms with Gasteiger partial charge in [-0.25, -0.2) is 19.2 Å². The molecule has 0 saturated carbocycles. The lowest BCUT2D eigenvalue weighted by molar-refractivity contribution is -0.00868. The molecule has 150 valence electrons. The van der Waals surface area contributed by atoms with E-state index < -0.39 is 33.8 Å². The van der Waals surface area contributed by atoms with Gasteiger partial charge in [0.15, 0.2) is 5.65 Å². The zero-order chi connectivity index (χ0) is 19.8. The van der Waals surface area contributed by atoms with Crippen LogP contribution in [-0.4, -0.2) is 57.8 Å². The number of fused-ring (bicyclic) bond motifs is 1. The molecule has 0 amide bonds. The number of halogens is 1. The molecule has 2 aromatic rings. The number of alkyl halides is 1. The Labute approximate surface area is 154 Å². The minimum Gasteiger partial charge on any atom is -0.432 e. The number of ether oxygens (including phenoxy) is 3. The van der Waals surface area contributed by atoms with Crippen molar-refractivity contribution in [2.45, 2.75) is 32.5 Å². The molecule has 13 heteroatoms. The summed E-state index contributed by atoms with van der Waals surface area (Å²) in [6.07, 6.45) is 0.415. The molecule has 2 rings (SSSR count). The van der Waals surface area contributed by atoms with E-state index in [1.165, 1.54) is 17.0 Å². The van der Waals surface area contributed by atoms with Gasteiger partial charge in [0.1, 0.15) is 19.3 Å². The molecule has 0 bridgehead atoms. The van der Waals surface area contributed by atoms with Gasteiger partial charge in [0.05, 0.1) is 18.4 Å². The van der Waals surface area contributed by atoms with E-state index in [-0.39, 0.29) is 24.8 Å². The lowest BCUT2D eigenvalue weighted by Gasteiger charge is -2.14. The number of hydrogen-bond donors (Lipinski definition) is 1. The zero-order valence-corrected chi connectivity index (χ0v) is 15.8. The van der Waals surface area contributed by atoms with E-state index in [1.54, 1.807) is 13.8 Å². The second-order valence-corrected chi connectivity index (χ2v) is 6.95. The van der Waals surface area contributed by atoms with Crippen LogP contribution in [0.25, 0.3) is 5.65 Å². The van der Waals surface area contributed by atoms with E-state index in [0.29, 0.717) is 11.2 Å². The second-order valence-electron chi connectivity index (χ2n) is 5.62. The van der Waals surface area contributed by atoms with Crippen LogP contribution < -0.4 is 5.73 Å². The molecule has 2 heterocycles. The summed E-state index contributed by atoms with van der Waals surface area (Å²) in [4.78, 5) is 19.0. The van der Waals surface area contributed by atoms with Gasteiger partial charge in [-0.1, -0.05) is 0 Å². The van der Waals surface area contributed by atoms with Crippen molar-refractivity contribution in [1.29, 1.82) is 0 Å². The molecule has 0 saturated heterocycles. The number of anilines is 1. The summed E-state index contributed by atoms with van der Waals surface area (Å²) in [5.74, 6) is 0.151. The third kappa shape index (κ3) is 6.42. The third-order valence-corrected chi connectivity index (χ3v) is 4.03. The van der Waals surface area contributed by atoms with Gasteiger partial charge in [-0.15, -0.1) is 0 Å². The quantitative estimate of drug-likeness (QED) is 0.352.